The second kappa shape index (κ2) is 11.4. The van der Waals surface area contributed by atoms with E-state index in [-0.39, 0.29) is 29.5 Å². The number of aliphatic carboxylic acids is 2. The molecule has 8 N–H and O–H groups in total. The molecule has 1 aromatic carbocycles. The summed E-state index contributed by atoms with van der Waals surface area (Å²) in [5, 5.41) is 29.1. The first kappa shape index (κ1) is 27.9. The maximum absolute atomic E-state index is 13.4. The molecule has 1 saturated heterocycles. The van der Waals surface area contributed by atoms with Crippen molar-refractivity contribution in [3.05, 3.63) is 30.3 Å². The second-order valence-electron chi connectivity index (χ2n) is 8.20. The lowest BCUT2D eigenvalue weighted by molar-refractivity contribution is -0.168. The number of carboxylic acid groups (broad SMARTS) is 2. The van der Waals surface area contributed by atoms with Crippen molar-refractivity contribution >= 4 is 47.1 Å². The van der Waals surface area contributed by atoms with E-state index in [1.54, 1.807) is 0 Å². The summed E-state index contributed by atoms with van der Waals surface area (Å²) in [5.41, 5.74) is 7.64. The van der Waals surface area contributed by atoms with Gasteiger partial charge in [-0.2, -0.15) is 0 Å². The van der Waals surface area contributed by atoms with E-state index in [2.05, 4.69) is 5.32 Å². The first-order chi connectivity index (χ1) is 16.8. The van der Waals surface area contributed by atoms with Crippen molar-refractivity contribution in [2.24, 2.45) is 17.4 Å². The van der Waals surface area contributed by atoms with E-state index in [0.717, 1.165) is 6.92 Å². The van der Waals surface area contributed by atoms with Gasteiger partial charge in [0.1, 0.15) is 0 Å². The summed E-state index contributed by atoms with van der Waals surface area (Å²) in [6.45, 7) is 1.02. The molecule has 0 spiro atoms. The van der Waals surface area contributed by atoms with E-state index >= 15 is 0 Å². The summed E-state index contributed by atoms with van der Waals surface area (Å²) in [4.78, 5) is 77.5. The van der Waals surface area contributed by atoms with Crippen LogP contribution in [-0.4, -0.2) is 74.8 Å². The van der Waals surface area contributed by atoms with Gasteiger partial charge in [0.15, 0.2) is 11.7 Å². The highest BCUT2D eigenvalue weighted by Gasteiger charge is 2.63. The van der Waals surface area contributed by atoms with Crippen LogP contribution in [0.3, 0.4) is 0 Å². The Bertz CT molecular complexity index is 1060. The number of Topliss-reactive ketones (excluding diaryl/α,β-unsaturated/α-hetero) is 1. The molecule has 2 rings (SSSR count). The number of imide groups is 1. The Morgan fingerprint density at radius 1 is 1.22 bits per heavy atom. The molecule has 36 heavy (non-hydrogen) atoms. The molecule has 0 radical (unpaired) electrons. The molecule has 1 unspecified atom stereocenters. The van der Waals surface area contributed by atoms with Crippen LogP contribution in [0.5, 0.6) is 0 Å². The lowest BCUT2D eigenvalue weighted by Crippen LogP contribution is -2.74. The van der Waals surface area contributed by atoms with E-state index in [1.165, 1.54) is 30.3 Å². The number of amides is 3. The molecule has 3 amide bonds. The average Bonchev–Trinajstić information content (AvgIpc) is 3.07. The number of ketones is 1. The van der Waals surface area contributed by atoms with Gasteiger partial charge < -0.3 is 27.0 Å². The van der Waals surface area contributed by atoms with Gasteiger partial charge in [-0.05, 0) is 31.9 Å². The van der Waals surface area contributed by atoms with Crippen LogP contribution in [0.1, 0.15) is 32.6 Å². The Labute approximate surface area is 205 Å². The fourth-order valence-electron chi connectivity index (χ4n) is 4.08. The molecule has 0 bridgehead atoms. The zero-order valence-corrected chi connectivity index (χ0v) is 19.5. The van der Waals surface area contributed by atoms with Gasteiger partial charge in [-0.1, -0.05) is 18.2 Å². The molecule has 0 aromatic heterocycles. The predicted octanol–water partition coefficient (Wildman–Crippen LogP) is -1.17. The summed E-state index contributed by atoms with van der Waals surface area (Å²) >= 11 is 0. The molecule has 1 aliphatic rings. The molecule has 3 atom stereocenters. The number of carboxylic acids is 2. The van der Waals surface area contributed by atoms with Crippen LogP contribution < -0.4 is 21.7 Å². The molecule has 1 fully saturated rings. The summed E-state index contributed by atoms with van der Waals surface area (Å²) in [6.07, 6.45) is -0.919. The van der Waals surface area contributed by atoms with Crippen LogP contribution in [0.25, 0.3) is 0 Å². The SMILES string of the molecule is CC(=O)[C@](C(=O)O)(N1C(=O)CC(CCCNC(=N)N)C1=O)N(C(=O)[C@@H](N)CC(=O)O)c1ccccc1. The van der Waals surface area contributed by atoms with Gasteiger partial charge in [0, 0.05) is 24.6 Å². The van der Waals surface area contributed by atoms with E-state index < -0.39 is 65.9 Å². The van der Waals surface area contributed by atoms with Crippen LogP contribution in [-0.2, 0) is 28.8 Å². The van der Waals surface area contributed by atoms with Crippen LogP contribution in [0, 0.1) is 11.3 Å². The number of benzene rings is 1. The lowest BCUT2D eigenvalue weighted by atomic mass is 9.96. The molecule has 1 aliphatic heterocycles. The Balaban J connectivity index is 2.63. The number of para-hydroxylation sites is 1. The molecule has 1 heterocycles. The van der Waals surface area contributed by atoms with Crippen molar-refractivity contribution in [3.63, 3.8) is 0 Å². The van der Waals surface area contributed by atoms with Crippen molar-refractivity contribution in [2.75, 3.05) is 11.4 Å². The number of anilines is 1. The Kier molecular flexibility index (Phi) is 8.84. The Morgan fingerprint density at radius 3 is 2.33 bits per heavy atom. The largest absolute Gasteiger partial charge is 0.481 e. The van der Waals surface area contributed by atoms with E-state index in [9.17, 15) is 33.9 Å². The molecule has 14 heteroatoms. The summed E-state index contributed by atoms with van der Waals surface area (Å²) < 4.78 is 0. The highest BCUT2D eigenvalue weighted by atomic mass is 16.4. The molecular formula is C22H28N6O8. The minimum Gasteiger partial charge on any atom is -0.481 e. The van der Waals surface area contributed by atoms with Crippen LogP contribution >= 0.6 is 0 Å². The third-order valence-electron chi connectivity index (χ3n) is 5.67. The highest BCUT2D eigenvalue weighted by Crippen LogP contribution is 2.37. The fourth-order valence-corrected chi connectivity index (χ4v) is 4.08. The Hall–Kier alpha value is -4.33. The molecule has 0 aliphatic carbocycles. The minimum atomic E-state index is -3.14. The summed E-state index contributed by atoms with van der Waals surface area (Å²) in [6, 6.07) is 5.12. The molecule has 0 saturated carbocycles. The number of carbonyl (C=O) groups is 6. The van der Waals surface area contributed by atoms with Gasteiger partial charge >= 0.3 is 11.9 Å². The minimum absolute atomic E-state index is 0.104. The monoisotopic (exact) mass is 504 g/mol. The number of nitrogens with one attached hydrogen (secondary N) is 2. The van der Waals surface area contributed by atoms with Crippen LogP contribution in [0.4, 0.5) is 5.69 Å². The van der Waals surface area contributed by atoms with Gasteiger partial charge in [-0.3, -0.25) is 34.3 Å². The van der Waals surface area contributed by atoms with Crippen molar-refractivity contribution in [1.29, 1.82) is 5.41 Å². The number of guanidine groups is 1. The van der Waals surface area contributed by atoms with Gasteiger partial charge in [-0.25, -0.2) is 9.69 Å². The number of nitrogens with two attached hydrogens (primary N) is 2. The number of hydrogen-bond acceptors (Lipinski definition) is 8. The van der Waals surface area contributed by atoms with Gasteiger partial charge in [-0.15, -0.1) is 0 Å². The molecular weight excluding hydrogens is 476 g/mol. The summed E-state index contributed by atoms with van der Waals surface area (Å²) in [5.74, 6) is -9.24. The zero-order valence-electron chi connectivity index (χ0n) is 19.5. The van der Waals surface area contributed by atoms with E-state index in [0.29, 0.717) is 11.3 Å². The fraction of sp³-hybridized carbons (Fsp3) is 0.409. The topological polar surface area (TPSA) is 237 Å². The van der Waals surface area contributed by atoms with Gasteiger partial charge in [0.25, 0.3) is 5.66 Å². The quantitative estimate of drug-likeness (QED) is 0.0651. The maximum Gasteiger partial charge on any atom is 0.360 e. The van der Waals surface area contributed by atoms with E-state index in [1.807, 2.05) is 0 Å². The molecule has 1 aromatic rings. The highest BCUT2D eigenvalue weighted by molar-refractivity contribution is 6.23. The van der Waals surface area contributed by atoms with Crippen molar-refractivity contribution in [1.82, 2.24) is 10.2 Å². The van der Waals surface area contributed by atoms with Gasteiger partial charge in [0.2, 0.25) is 17.7 Å². The van der Waals surface area contributed by atoms with Crippen molar-refractivity contribution in [3.8, 4) is 0 Å². The predicted molar refractivity (Wildman–Crippen MR) is 124 cm³/mol. The van der Waals surface area contributed by atoms with Crippen LogP contribution in [0.2, 0.25) is 0 Å². The van der Waals surface area contributed by atoms with E-state index in [4.69, 9.17) is 22.0 Å². The lowest BCUT2D eigenvalue weighted by Gasteiger charge is -2.44. The number of likely N-dealkylation sites (tertiary alicyclic amines) is 1. The zero-order chi connectivity index (χ0) is 27.2. The summed E-state index contributed by atoms with van der Waals surface area (Å²) in [7, 11) is 0. The normalized spacial score (nSPS) is 17.7. The van der Waals surface area contributed by atoms with Gasteiger partial charge in [0.05, 0.1) is 12.5 Å². The smallest absolute Gasteiger partial charge is 0.360 e. The van der Waals surface area contributed by atoms with Crippen molar-refractivity contribution < 1.29 is 39.0 Å². The first-order valence-corrected chi connectivity index (χ1v) is 10.9. The average molecular weight is 505 g/mol. The maximum atomic E-state index is 13.4. The number of nitrogens with zero attached hydrogens (tertiary/aromatic N) is 2. The Morgan fingerprint density at radius 2 is 1.83 bits per heavy atom. The number of hydrogen-bond donors (Lipinski definition) is 6. The number of carbonyl (C=O) groups excluding carboxylic acids is 4. The standard InChI is InChI=1S/C22H28N6O8/c1-12(29)22(20(35)36,28-16(30)10-13(18(28)33)6-5-9-26-21(24)25)27(14-7-3-2-4-8-14)19(34)15(23)11-17(31)32/h2-4,7-8,13,15H,5-6,9-11,23H2,1H3,(H,31,32)(H,35,36)(H4,24,25,26)/t13?,15-,22+/m0/s1. The molecule has 194 valence electrons. The third-order valence-corrected chi connectivity index (χ3v) is 5.67. The van der Waals surface area contributed by atoms with Crippen molar-refractivity contribution in [2.45, 2.75) is 44.3 Å². The first-order valence-electron chi connectivity index (χ1n) is 10.9. The number of rotatable bonds is 12. The molecule has 14 nitrogen and oxygen atoms in total. The third kappa shape index (κ3) is 5.49. The second-order valence-corrected chi connectivity index (χ2v) is 8.20. The van der Waals surface area contributed by atoms with Crippen LogP contribution in [0.15, 0.2) is 30.3 Å².